The van der Waals surface area contributed by atoms with Gasteiger partial charge in [-0.1, -0.05) is 24.1 Å². The molecule has 3 nitrogen and oxygen atoms in total. The van der Waals surface area contributed by atoms with E-state index < -0.39 is 0 Å². The number of nitrogens with one attached hydrogen (secondary N) is 1. The molecular weight excluding hydrogens is 246 g/mol. The van der Waals surface area contributed by atoms with Crippen LogP contribution in [0.25, 0.3) is 0 Å². The average molecular weight is 271 g/mol. The maximum absolute atomic E-state index is 9.47. The lowest BCUT2D eigenvalue weighted by Gasteiger charge is -2.30. The Kier molecular flexibility index (Phi) is 4.67. The van der Waals surface area contributed by atoms with Crippen molar-refractivity contribution in [3.8, 4) is 6.07 Å². The molecule has 3 heteroatoms. The molecule has 2 atom stereocenters. The Balaban J connectivity index is 1.95. The van der Waals surface area contributed by atoms with E-state index in [4.69, 9.17) is 0 Å². The number of rotatable bonds is 5. The number of hydrogen-bond donors (Lipinski definition) is 1. The average Bonchev–Trinajstić information content (AvgIpc) is 2.89. The zero-order valence-corrected chi connectivity index (χ0v) is 12.8. The van der Waals surface area contributed by atoms with Crippen molar-refractivity contribution in [2.24, 2.45) is 5.92 Å². The van der Waals surface area contributed by atoms with Gasteiger partial charge in [-0.25, -0.2) is 0 Å². The quantitative estimate of drug-likeness (QED) is 0.894. The number of hydrogen-bond acceptors (Lipinski definition) is 3. The van der Waals surface area contributed by atoms with Crippen LogP contribution in [-0.4, -0.2) is 26.2 Å². The summed E-state index contributed by atoms with van der Waals surface area (Å²) >= 11 is 0. The van der Waals surface area contributed by atoms with Crippen molar-refractivity contribution in [1.82, 2.24) is 5.32 Å². The highest BCUT2D eigenvalue weighted by atomic mass is 15.1. The van der Waals surface area contributed by atoms with Crippen molar-refractivity contribution >= 4 is 5.69 Å². The normalized spacial score (nSPS) is 25.4. The van der Waals surface area contributed by atoms with E-state index in [1.165, 1.54) is 11.3 Å². The Bertz CT molecular complexity index is 474. The van der Waals surface area contributed by atoms with E-state index in [1.807, 2.05) is 7.05 Å². The highest BCUT2D eigenvalue weighted by Gasteiger charge is 2.41. The highest BCUT2D eigenvalue weighted by molar-refractivity contribution is 5.46. The van der Waals surface area contributed by atoms with Crippen LogP contribution in [0.5, 0.6) is 0 Å². The zero-order chi connectivity index (χ0) is 14.6. The van der Waals surface area contributed by atoms with Gasteiger partial charge in [-0.05, 0) is 51.3 Å². The maximum atomic E-state index is 9.47. The van der Waals surface area contributed by atoms with Gasteiger partial charge < -0.3 is 10.2 Å². The first-order valence-electron chi connectivity index (χ1n) is 7.49. The van der Waals surface area contributed by atoms with Crippen molar-refractivity contribution < 1.29 is 0 Å². The lowest BCUT2D eigenvalue weighted by molar-refractivity contribution is 0.323. The van der Waals surface area contributed by atoms with E-state index in [1.54, 1.807) is 0 Å². The van der Waals surface area contributed by atoms with Crippen LogP contribution in [-0.2, 0) is 0 Å². The van der Waals surface area contributed by atoms with Gasteiger partial charge in [0.25, 0.3) is 0 Å². The van der Waals surface area contributed by atoms with Crippen LogP contribution in [0.3, 0.4) is 0 Å². The van der Waals surface area contributed by atoms with E-state index in [0.29, 0.717) is 5.92 Å². The molecule has 2 unspecified atom stereocenters. The monoisotopic (exact) mass is 271 g/mol. The predicted octanol–water partition coefficient (Wildman–Crippen LogP) is 3.10. The van der Waals surface area contributed by atoms with Crippen LogP contribution in [0.15, 0.2) is 24.3 Å². The van der Waals surface area contributed by atoms with Gasteiger partial charge in [-0.2, -0.15) is 5.26 Å². The summed E-state index contributed by atoms with van der Waals surface area (Å²) in [5.74, 6) is 0.463. The molecule has 0 aromatic heterocycles. The Morgan fingerprint density at radius 1 is 1.40 bits per heavy atom. The van der Waals surface area contributed by atoms with Crippen molar-refractivity contribution in [2.45, 2.75) is 38.1 Å². The Morgan fingerprint density at radius 2 is 2.10 bits per heavy atom. The van der Waals surface area contributed by atoms with Gasteiger partial charge in [-0.3, -0.25) is 0 Å². The summed E-state index contributed by atoms with van der Waals surface area (Å²) in [4.78, 5) is 2.29. The van der Waals surface area contributed by atoms with Crippen molar-refractivity contribution in [1.29, 1.82) is 5.26 Å². The predicted molar refractivity (Wildman–Crippen MR) is 83.8 cm³/mol. The summed E-state index contributed by atoms with van der Waals surface area (Å²) < 4.78 is 0. The molecule has 1 fully saturated rings. The Morgan fingerprint density at radius 3 is 2.70 bits per heavy atom. The molecule has 0 bridgehead atoms. The van der Waals surface area contributed by atoms with Crippen LogP contribution in [0.4, 0.5) is 5.69 Å². The van der Waals surface area contributed by atoms with Gasteiger partial charge in [0.05, 0.1) is 6.07 Å². The number of benzene rings is 1. The lowest BCUT2D eigenvalue weighted by Crippen LogP contribution is -2.45. The highest BCUT2D eigenvalue weighted by Crippen LogP contribution is 2.37. The van der Waals surface area contributed by atoms with Crippen LogP contribution < -0.4 is 10.2 Å². The largest absolute Gasteiger partial charge is 0.375 e. The second-order valence-corrected chi connectivity index (χ2v) is 5.97. The van der Waals surface area contributed by atoms with Gasteiger partial charge in [0.1, 0.15) is 5.54 Å². The zero-order valence-electron chi connectivity index (χ0n) is 12.8. The molecule has 0 heterocycles. The van der Waals surface area contributed by atoms with E-state index in [2.05, 4.69) is 54.5 Å². The molecule has 108 valence electrons. The van der Waals surface area contributed by atoms with Gasteiger partial charge in [-0.15, -0.1) is 0 Å². The standard InChI is InChI=1S/C17H25N3/c1-14-6-8-16(9-7-14)20(3)12-10-15-5-4-11-17(15,13-18)19-2/h6-9,15,19H,4-5,10-12H2,1-3H3. The van der Waals surface area contributed by atoms with E-state index in [0.717, 1.165) is 32.2 Å². The molecule has 0 amide bonds. The fourth-order valence-electron chi connectivity index (χ4n) is 3.28. The Hall–Kier alpha value is -1.53. The third-order valence-electron chi connectivity index (χ3n) is 4.75. The summed E-state index contributed by atoms with van der Waals surface area (Å²) in [5.41, 5.74) is 2.24. The minimum atomic E-state index is -0.298. The molecule has 1 N–H and O–H groups in total. The molecule has 1 saturated carbocycles. The minimum absolute atomic E-state index is 0.298. The van der Waals surface area contributed by atoms with Crippen molar-refractivity contribution in [3.05, 3.63) is 29.8 Å². The van der Waals surface area contributed by atoms with Gasteiger partial charge in [0, 0.05) is 19.3 Å². The molecule has 2 rings (SSSR count). The van der Waals surface area contributed by atoms with Crippen LogP contribution in [0.1, 0.15) is 31.2 Å². The Labute approximate surface area is 122 Å². The molecule has 1 aromatic rings. The summed E-state index contributed by atoms with van der Waals surface area (Å²) in [6, 6.07) is 11.1. The number of nitriles is 1. The number of nitrogens with zero attached hydrogens (tertiary/aromatic N) is 2. The summed E-state index contributed by atoms with van der Waals surface area (Å²) in [6.45, 7) is 3.11. The van der Waals surface area contributed by atoms with Gasteiger partial charge in [0.2, 0.25) is 0 Å². The molecule has 1 aliphatic carbocycles. The van der Waals surface area contributed by atoms with Gasteiger partial charge in [0.15, 0.2) is 0 Å². The van der Waals surface area contributed by atoms with Crippen LogP contribution in [0, 0.1) is 24.2 Å². The topological polar surface area (TPSA) is 39.1 Å². The number of anilines is 1. The first-order valence-corrected chi connectivity index (χ1v) is 7.49. The maximum Gasteiger partial charge on any atom is 0.109 e. The second kappa shape index (κ2) is 6.28. The minimum Gasteiger partial charge on any atom is -0.375 e. The fraction of sp³-hybridized carbons (Fsp3) is 0.588. The number of aryl methyl sites for hydroxylation is 1. The SMILES string of the molecule is CNC1(C#N)CCCC1CCN(C)c1ccc(C)cc1. The fourth-order valence-corrected chi connectivity index (χ4v) is 3.28. The summed E-state index contributed by atoms with van der Waals surface area (Å²) in [6.07, 6.45) is 4.38. The smallest absolute Gasteiger partial charge is 0.109 e. The molecular formula is C17H25N3. The van der Waals surface area contributed by atoms with Crippen molar-refractivity contribution in [3.63, 3.8) is 0 Å². The van der Waals surface area contributed by atoms with E-state index in [9.17, 15) is 5.26 Å². The van der Waals surface area contributed by atoms with E-state index >= 15 is 0 Å². The molecule has 0 aliphatic heterocycles. The first kappa shape index (κ1) is 14.9. The van der Waals surface area contributed by atoms with Crippen LogP contribution >= 0.6 is 0 Å². The summed E-state index contributed by atoms with van der Waals surface area (Å²) in [7, 11) is 4.05. The molecule has 0 saturated heterocycles. The lowest BCUT2D eigenvalue weighted by atomic mass is 9.86. The second-order valence-electron chi connectivity index (χ2n) is 5.97. The van der Waals surface area contributed by atoms with Crippen molar-refractivity contribution in [2.75, 3.05) is 25.5 Å². The molecule has 1 aromatic carbocycles. The third kappa shape index (κ3) is 2.96. The molecule has 20 heavy (non-hydrogen) atoms. The summed E-state index contributed by atoms with van der Waals surface area (Å²) in [5, 5.41) is 12.7. The van der Waals surface area contributed by atoms with Crippen LogP contribution in [0.2, 0.25) is 0 Å². The third-order valence-corrected chi connectivity index (χ3v) is 4.75. The first-order chi connectivity index (χ1) is 9.61. The molecule has 1 aliphatic rings. The molecule has 0 radical (unpaired) electrons. The van der Waals surface area contributed by atoms with Gasteiger partial charge >= 0.3 is 0 Å². The van der Waals surface area contributed by atoms with E-state index in [-0.39, 0.29) is 5.54 Å². The molecule has 0 spiro atoms.